The summed E-state index contributed by atoms with van der Waals surface area (Å²) in [5.41, 5.74) is 4.00. The largest absolute Gasteiger partial charge is 0.364 e. The molecule has 1 N–H and O–H groups in total. The van der Waals surface area contributed by atoms with Gasteiger partial charge in [-0.25, -0.2) is 9.50 Å². The van der Waals surface area contributed by atoms with Crippen molar-refractivity contribution >= 4 is 17.2 Å². The third-order valence-electron chi connectivity index (χ3n) is 2.75. The number of fused-ring (bicyclic) bond motifs is 1. The Bertz CT molecular complexity index is 668. The number of aryl methyl sites for hydroxylation is 1. The number of aromatic nitrogens is 4. The lowest BCUT2D eigenvalue weighted by molar-refractivity contribution is 0.943. The van der Waals surface area contributed by atoms with Gasteiger partial charge in [-0.05, 0) is 24.6 Å². The molecule has 3 heterocycles. The first-order chi connectivity index (χ1) is 8.28. The van der Waals surface area contributed by atoms with E-state index in [1.807, 2.05) is 12.3 Å². The Morgan fingerprint density at radius 1 is 1.41 bits per heavy atom. The Morgan fingerprint density at radius 2 is 2.29 bits per heavy atom. The van der Waals surface area contributed by atoms with Crippen LogP contribution in [0.4, 0.5) is 0 Å². The predicted molar refractivity (Wildman–Crippen MR) is 67.2 cm³/mol. The van der Waals surface area contributed by atoms with Gasteiger partial charge in [0, 0.05) is 17.5 Å². The van der Waals surface area contributed by atoms with Crippen molar-refractivity contribution in [1.82, 2.24) is 19.6 Å². The summed E-state index contributed by atoms with van der Waals surface area (Å²) >= 11 is 5.90. The number of H-pyrrole nitrogens is 1. The highest BCUT2D eigenvalue weighted by molar-refractivity contribution is 6.29. The molecular formula is C12H11ClN4. The molecule has 5 heteroatoms. The van der Waals surface area contributed by atoms with E-state index in [4.69, 9.17) is 11.6 Å². The van der Waals surface area contributed by atoms with E-state index in [9.17, 15) is 0 Å². The molecule has 3 aromatic heterocycles. The molecule has 0 unspecified atom stereocenters. The SMILES string of the molecule is CCc1cc(-c2cnc3ccc(Cl)nn23)c[nH]1. The predicted octanol–water partition coefficient (Wildman–Crippen LogP) is 2.94. The van der Waals surface area contributed by atoms with Crippen LogP contribution in [0.2, 0.25) is 5.15 Å². The van der Waals surface area contributed by atoms with Crippen LogP contribution in [-0.4, -0.2) is 19.6 Å². The quantitative estimate of drug-likeness (QED) is 0.756. The maximum absolute atomic E-state index is 5.90. The minimum atomic E-state index is 0.461. The number of rotatable bonds is 2. The van der Waals surface area contributed by atoms with Gasteiger partial charge in [0.2, 0.25) is 0 Å². The van der Waals surface area contributed by atoms with Crippen molar-refractivity contribution in [3.63, 3.8) is 0 Å². The number of nitrogens with one attached hydrogen (secondary N) is 1. The van der Waals surface area contributed by atoms with Crippen LogP contribution < -0.4 is 0 Å². The molecule has 86 valence electrons. The van der Waals surface area contributed by atoms with Gasteiger partial charge in [0.25, 0.3) is 0 Å². The molecule has 0 amide bonds. The molecular weight excluding hydrogens is 236 g/mol. The topological polar surface area (TPSA) is 46.0 Å². The van der Waals surface area contributed by atoms with E-state index < -0.39 is 0 Å². The van der Waals surface area contributed by atoms with E-state index in [2.05, 4.69) is 28.1 Å². The Kier molecular flexibility index (Phi) is 2.37. The molecule has 0 aromatic carbocycles. The van der Waals surface area contributed by atoms with Crippen LogP contribution in [0.5, 0.6) is 0 Å². The molecule has 0 spiro atoms. The van der Waals surface area contributed by atoms with E-state index in [0.717, 1.165) is 23.3 Å². The second-order valence-electron chi connectivity index (χ2n) is 3.84. The van der Waals surface area contributed by atoms with Gasteiger partial charge in [-0.3, -0.25) is 0 Å². The molecule has 0 bridgehead atoms. The number of hydrogen-bond acceptors (Lipinski definition) is 2. The molecule has 0 aliphatic heterocycles. The summed E-state index contributed by atoms with van der Waals surface area (Å²) in [6.07, 6.45) is 4.75. The fourth-order valence-electron chi connectivity index (χ4n) is 1.84. The van der Waals surface area contributed by atoms with Crippen molar-refractivity contribution < 1.29 is 0 Å². The van der Waals surface area contributed by atoms with Crippen molar-refractivity contribution in [2.75, 3.05) is 0 Å². The van der Waals surface area contributed by atoms with Crippen molar-refractivity contribution in [3.8, 4) is 11.3 Å². The first kappa shape index (κ1) is 10.4. The van der Waals surface area contributed by atoms with Crippen LogP contribution in [0.15, 0.2) is 30.6 Å². The normalized spacial score (nSPS) is 11.2. The van der Waals surface area contributed by atoms with E-state index in [-0.39, 0.29) is 0 Å². The molecule has 0 aliphatic carbocycles. The number of nitrogens with zero attached hydrogens (tertiary/aromatic N) is 3. The molecule has 0 fully saturated rings. The van der Waals surface area contributed by atoms with Crippen LogP contribution in [0.25, 0.3) is 16.9 Å². The zero-order valence-electron chi connectivity index (χ0n) is 9.31. The highest BCUT2D eigenvalue weighted by Gasteiger charge is 2.08. The fourth-order valence-corrected chi connectivity index (χ4v) is 1.98. The van der Waals surface area contributed by atoms with Gasteiger partial charge in [0.05, 0.1) is 11.9 Å². The molecule has 0 saturated heterocycles. The molecule has 0 radical (unpaired) electrons. The van der Waals surface area contributed by atoms with Crippen LogP contribution in [0, 0.1) is 0 Å². The maximum Gasteiger partial charge on any atom is 0.154 e. The Labute approximate surface area is 103 Å². The third-order valence-corrected chi connectivity index (χ3v) is 2.95. The lowest BCUT2D eigenvalue weighted by Gasteiger charge is -1.97. The summed E-state index contributed by atoms with van der Waals surface area (Å²) in [5, 5.41) is 4.71. The highest BCUT2D eigenvalue weighted by atomic mass is 35.5. The fraction of sp³-hybridized carbons (Fsp3) is 0.167. The number of halogens is 1. The van der Waals surface area contributed by atoms with Gasteiger partial charge in [0.15, 0.2) is 5.65 Å². The summed E-state index contributed by atoms with van der Waals surface area (Å²) in [6.45, 7) is 2.11. The van der Waals surface area contributed by atoms with Crippen LogP contribution >= 0.6 is 11.6 Å². The number of imidazole rings is 1. The highest BCUT2D eigenvalue weighted by Crippen LogP contribution is 2.21. The first-order valence-corrected chi connectivity index (χ1v) is 5.83. The van der Waals surface area contributed by atoms with E-state index >= 15 is 0 Å². The molecule has 17 heavy (non-hydrogen) atoms. The number of hydrogen-bond donors (Lipinski definition) is 1. The average molecular weight is 247 g/mol. The van der Waals surface area contributed by atoms with Crippen molar-refractivity contribution in [2.45, 2.75) is 13.3 Å². The van der Waals surface area contributed by atoms with Gasteiger partial charge < -0.3 is 4.98 Å². The third kappa shape index (κ3) is 1.70. The van der Waals surface area contributed by atoms with Gasteiger partial charge in [-0.1, -0.05) is 18.5 Å². The molecule has 0 atom stereocenters. The summed E-state index contributed by atoms with van der Waals surface area (Å²) in [7, 11) is 0. The Morgan fingerprint density at radius 3 is 3.06 bits per heavy atom. The molecule has 3 aromatic rings. The van der Waals surface area contributed by atoms with Crippen LogP contribution in [0.3, 0.4) is 0 Å². The molecule has 0 aliphatic rings. The van der Waals surface area contributed by atoms with Gasteiger partial charge in [-0.15, -0.1) is 0 Å². The number of aromatic amines is 1. The van der Waals surface area contributed by atoms with Crippen molar-refractivity contribution in [2.24, 2.45) is 0 Å². The van der Waals surface area contributed by atoms with Gasteiger partial charge in [0.1, 0.15) is 5.15 Å². The van der Waals surface area contributed by atoms with E-state index in [1.165, 1.54) is 5.69 Å². The zero-order chi connectivity index (χ0) is 11.8. The standard InChI is InChI=1S/C12H11ClN4/c1-2-9-5-8(6-14-9)10-7-15-12-4-3-11(13)16-17(10)12/h3-7,14H,2H2,1H3. The molecule has 0 saturated carbocycles. The Balaban J connectivity index is 2.19. The van der Waals surface area contributed by atoms with Crippen molar-refractivity contribution in [1.29, 1.82) is 0 Å². The zero-order valence-corrected chi connectivity index (χ0v) is 10.1. The van der Waals surface area contributed by atoms with Crippen molar-refractivity contribution in [3.05, 3.63) is 41.4 Å². The summed E-state index contributed by atoms with van der Waals surface area (Å²) in [6, 6.07) is 5.69. The Hall–Kier alpha value is -1.81. The van der Waals surface area contributed by atoms with Gasteiger partial charge in [-0.2, -0.15) is 5.10 Å². The average Bonchev–Trinajstić information content (AvgIpc) is 2.93. The second-order valence-corrected chi connectivity index (χ2v) is 4.22. The first-order valence-electron chi connectivity index (χ1n) is 5.46. The summed E-state index contributed by atoms with van der Waals surface area (Å²) < 4.78 is 1.75. The van der Waals surface area contributed by atoms with Gasteiger partial charge >= 0.3 is 0 Å². The lowest BCUT2D eigenvalue weighted by Crippen LogP contribution is -1.93. The minimum absolute atomic E-state index is 0.461. The van der Waals surface area contributed by atoms with E-state index in [1.54, 1.807) is 16.8 Å². The summed E-state index contributed by atoms with van der Waals surface area (Å²) in [4.78, 5) is 7.52. The monoisotopic (exact) mass is 246 g/mol. The summed E-state index contributed by atoms with van der Waals surface area (Å²) in [5.74, 6) is 0. The minimum Gasteiger partial charge on any atom is -0.364 e. The second kappa shape index (κ2) is 3.89. The maximum atomic E-state index is 5.90. The lowest BCUT2D eigenvalue weighted by atomic mass is 10.2. The van der Waals surface area contributed by atoms with Crippen LogP contribution in [-0.2, 0) is 6.42 Å². The smallest absolute Gasteiger partial charge is 0.154 e. The van der Waals surface area contributed by atoms with E-state index in [0.29, 0.717) is 5.15 Å². The molecule has 4 nitrogen and oxygen atoms in total. The van der Waals surface area contributed by atoms with Crippen LogP contribution in [0.1, 0.15) is 12.6 Å². The molecule has 3 rings (SSSR count).